The lowest BCUT2D eigenvalue weighted by atomic mass is 10.1. The SMILES string of the molecule is Cc1ncc(C(=O)N(C)C)c(CO)c1OCc1ccccc1. The number of aliphatic hydroxyl groups is 1. The summed E-state index contributed by atoms with van der Waals surface area (Å²) in [6, 6.07) is 9.71. The summed E-state index contributed by atoms with van der Waals surface area (Å²) >= 11 is 0. The average molecular weight is 300 g/mol. The van der Waals surface area contributed by atoms with E-state index in [0.717, 1.165) is 5.56 Å². The summed E-state index contributed by atoms with van der Waals surface area (Å²) in [6.45, 7) is 1.88. The van der Waals surface area contributed by atoms with E-state index < -0.39 is 0 Å². The van der Waals surface area contributed by atoms with Gasteiger partial charge in [-0.05, 0) is 12.5 Å². The van der Waals surface area contributed by atoms with Gasteiger partial charge in [0.2, 0.25) is 0 Å². The van der Waals surface area contributed by atoms with Crippen LogP contribution in [0.25, 0.3) is 0 Å². The summed E-state index contributed by atoms with van der Waals surface area (Å²) < 4.78 is 5.82. The number of rotatable bonds is 5. The molecule has 1 aromatic carbocycles. The summed E-state index contributed by atoms with van der Waals surface area (Å²) in [5.41, 5.74) is 2.49. The van der Waals surface area contributed by atoms with Crippen LogP contribution in [0.2, 0.25) is 0 Å². The maximum absolute atomic E-state index is 12.2. The molecule has 0 spiro atoms. The van der Waals surface area contributed by atoms with Crippen LogP contribution in [-0.2, 0) is 13.2 Å². The first-order valence-electron chi connectivity index (χ1n) is 7.02. The number of ether oxygens (including phenoxy) is 1. The molecule has 0 aliphatic rings. The van der Waals surface area contributed by atoms with E-state index in [0.29, 0.717) is 29.2 Å². The van der Waals surface area contributed by atoms with E-state index in [4.69, 9.17) is 4.74 Å². The van der Waals surface area contributed by atoms with Crippen molar-refractivity contribution < 1.29 is 14.6 Å². The van der Waals surface area contributed by atoms with Crippen molar-refractivity contribution in [3.63, 3.8) is 0 Å². The zero-order valence-corrected chi connectivity index (χ0v) is 13.0. The normalized spacial score (nSPS) is 10.4. The fourth-order valence-electron chi connectivity index (χ4n) is 2.14. The minimum absolute atomic E-state index is 0.207. The molecule has 0 fully saturated rings. The van der Waals surface area contributed by atoms with Crippen molar-refractivity contribution in [1.82, 2.24) is 9.88 Å². The van der Waals surface area contributed by atoms with Crippen LogP contribution in [0.15, 0.2) is 36.5 Å². The van der Waals surface area contributed by atoms with Crippen LogP contribution >= 0.6 is 0 Å². The maximum atomic E-state index is 12.2. The Morgan fingerprint density at radius 2 is 1.95 bits per heavy atom. The summed E-state index contributed by atoms with van der Waals surface area (Å²) in [6.07, 6.45) is 1.48. The Balaban J connectivity index is 2.33. The second-order valence-corrected chi connectivity index (χ2v) is 5.20. The third kappa shape index (κ3) is 3.43. The van der Waals surface area contributed by atoms with Gasteiger partial charge < -0.3 is 14.7 Å². The van der Waals surface area contributed by atoms with E-state index in [1.165, 1.54) is 11.1 Å². The first-order valence-corrected chi connectivity index (χ1v) is 7.02. The van der Waals surface area contributed by atoms with Gasteiger partial charge in [0.1, 0.15) is 12.4 Å². The standard InChI is InChI=1S/C17H20N2O3/c1-12-16(22-11-13-7-5-4-6-8-13)15(10-20)14(9-18-12)17(21)19(2)3/h4-9,20H,10-11H2,1-3H3. The number of pyridine rings is 1. The van der Waals surface area contributed by atoms with Gasteiger partial charge in [0, 0.05) is 25.9 Å². The Hall–Kier alpha value is -2.40. The van der Waals surface area contributed by atoms with Crippen LogP contribution in [-0.4, -0.2) is 35.0 Å². The fraction of sp³-hybridized carbons (Fsp3) is 0.294. The maximum Gasteiger partial charge on any atom is 0.255 e. The minimum atomic E-state index is -0.275. The van der Waals surface area contributed by atoms with Gasteiger partial charge in [-0.3, -0.25) is 9.78 Å². The Labute approximate surface area is 130 Å². The topological polar surface area (TPSA) is 62.7 Å². The molecule has 2 aromatic rings. The number of nitrogens with zero attached hydrogens (tertiary/aromatic N) is 2. The average Bonchev–Trinajstić information content (AvgIpc) is 2.53. The molecule has 0 atom stereocenters. The quantitative estimate of drug-likeness (QED) is 0.919. The molecule has 1 amide bonds. The molecule has 5 heteroatoms. The molecule has 1 N–H and O–H groups in total. The second-order valence-electron chi connectivity index (χ2n) is 5.20. The molecule has 5 nitrogen and oxygen atoms in total. The molecule has 0 aliphatic heterocycles. The van der Waals surface area contributed by atoms with Gasteiger partial charge in [-0.1, -0.05) is 30.3 Å². The molecule has 2 rings (SSSR count). The highest BCUT2D eigenvalue weighted by Gasteiger charge is 2.19. The smallest absolute Gasteiger partial charge is 0.255 e. The van der Waals surface area contributed by atoms with Gasteiger partial charge in [-0.25, -0.2) is 0 Å². The third-order valence-electron chi connectivity index (χ3n) is 3.34. The zero-order chi connectivity index (χ0) is 16.1. The van der Waals surface area contributed by atoms with E-state index in [1.807, 2.05) is 30.3 Å². The molecule has 0 unspecified atom stereocenters. The van der Waals surface area contributed by atoms with Gasteiger partial charge in [0.25, 0.3) is 5.91 Å². The van der Waals surface area contributed by atoms with Crippen molar-refractivity contribution in [3.8, 4) is 5.75 Å². The van der Waals surface area contributed by atoms with E-state index in [-0.39, 0.29) is 12.5 Å². The number of aliphatic hydroxyl groups excluding tert-OH is 1. The Kier molecular flexibility index (Phi) is 5.12. The number of hydrogen-bond acceptors (Lipinski definition) is 4. The Morgan fingerprint density at radius 1 is 1.27 bits per heavy atom. The van der Waals surface area contributed by atoms with Crippen molar-refractivity contribution in [1.29, 1.82) is 0 Å². The van der Waals surface area contributed by atoms with E-state index >= 15 is 0 Å². The summed E-state index contributed by atoms with van der Waals surface area (Å²) in [5.74, 6) is 0.264. The van der Waals surface area contributed by atoms with Gasteiger partial charge in [0.05, 0.1) is 17.9 Å². The number of amides is 1. The van der Waals surface area contributed by atoms with E-state index in [2.05, 4.69) is 4.98 Å². The Morgan fingerprint density at radius 3 is 2.55 bits per heavy atom. The molecule has 116 valence electrons. The second kappa shape index (κ2) is 7.04. The van der Waals surface area contributed by atoms with Crippen LogP contribution < -0.4 is 4.74 Å². The number of hydrogen-bond donors (Lipinski definition) is 1. The lowest BCUT2D eigenvalue weighted by Crippen LogP contribution is -2.24. The van der Waals surface area contributed by atoms with E-state index in [9.17, 15) is 9.90 Å². The monoisotopic (exact) mass is 300 g/mol. The number of aryl methyl sites for hydroxylation is 1. The van der Waals surface area contributed by atoms with Crippen LogP contribution in [0.1, 0.15) is 27.2 Å². The lowest BCUT2D eigenvalue weighted by Gasteiger charge is -2.17. The molecule has 0 saturated heterocycles. The minimum Gasteiger partial charge on any atom is -0.487 e. The third-order valence-corrected chi connectivity index (χ3v) is 3.34. The predicted molar refractivity (Wildman–Crippen MR) is 83.7 cm³/mol. The van der Waals surface area contributed by atoms with E-state index in [1.54, 1.807) is 21.0 Å². The van der Waals surface area contributed by atoms with Crippen molar-refractivity contribution in [3.05, 3.63) is 58.9 Å². The van der Waals surface area contributed by atoms with Gasteiger partial charge >= 0.3 is 0 Å². The molecular formula is C17H20N2O3. The first kappa shape index (κ1) is 16.0. The Bertz CT molecular complexity index is 654. The van der Waals surface area contributed by atoms with Crippen molar-refractivity contribution in [2.24, 2.45) is 0 Å². The molecule has 22 heavy (non-hydrogen) atoms. The molecule has 0 aliphatic carbocycles. The largest absolute Gasteiger partial charge is 0.487 e. The molecule has 0 radical (unpaired) electrons. The van der Waals surface area contributed by atoms with Gasteiger partial charge in [-0.2, -0.15) is 0 Å². The van der Waals surface area contributed by atoms with Crippen LogP contribution in [0.5, 0.6) is 5.75 Å². The van der Waals surface area contributed by atoms with Gasteiger partial charge in [-0.15, -0.1) is 0 Å². The predicted octanol–water partition coefficient (Wildman–Crippen LogP) is 2.16. The highest BCUT2D eigenvalue weighted by atomic mass is 16.5. The summed E-state index contributed by atoms with van der Waals surface area (Å²) in [7, 11) is 3.32. The number of aromatic nitrogens is 1. The van der Waals surface area contributed by atoms with Crippen LogP contribution in [0.3, 0.4) is 0 Å². The first-order chi connectivity index (χ1) is 10.5. The van der Waals surface area contributed by atoms with Crippen LogP contribution in [0.4, 0.5) is 0 Å². The molecule has 0 bridgehead atoms. The fourth-order valence-corrected chi connectivity index (χ4v) is 2.14. The molecular weight excluding hydrogens is 280 g/mol. The molecule has 1 aromatic heterocycles. The van der Waals surface area contributed by atoms with Crippen molar-refractivity contribution >= 4 is 5.91 Å². The summed E-state index contributed by atoms with van der Waals surface area (Å²) in [4.78, 5) is 17.9. The highest BCUT2D eigenvalue weighted by Crippen LogP contribution is 2.27. The number of carbonyl (C=O) groups is 1. The molecule has 0 saturated carbocycles. The molecule has 1 heterocycles. The zero-order valence-electron chi connectivity index (χ0n) is 13.0. The number of benzene rings is 1. The van der Waals surface area contributed by atoms with Crippen molar-refractivity contribution in [2.45, 2.75) is 20.1 Å². The van der Waals surface area contributed by atoms with Gasteiger partial charge in [0.15, 0.2) is 0 Å². The number of carbonyl (C=O) groups excluding carboxylic acids is 1. The van der Waals surface area contributed by atoms with Crippen LogP contribution in [0, 0.1) is 6.92 Å². The lowest BCUT2D eigenvalue weighted by molar-refractivity contribution is 0.0823. The van der Waals surface area contributed by atoms with Crippen molar-refractivity contribution in [2.75, 3.05) is 14.1 Å². The highest BCUT2D eigenvalue weighted by molar-refractivity contribution is 5.95. The summed E-state index contributed by atoms with van der Waals surface area (Å²) in [5, 5.41) is 9.67.